The van der Waals surface area contributed by atoms with Crippen LogP contribution in [0.15, 0.2) is 29.1 Å². The van der Waals surface area contributed by atoms with Crippen LogP contribution in [-0.4, -0.2) is 46.1 Å². The number of hydrogen-bond donors (Lipinski definition) is 2. The van der Waals surface area contributed by atoms with Crippen LogP contribution in [0.2, 0.25) is 0 Å². The van der Waals surface area contributed by atoms with Crippen molar-refractivity contribution in [3.63, 3.8) is 0 Å². The van der Waals surface area contributed by atoms with Gasteiger partial charge in [0.1, 0.15) is 0 Å². The van der Waals surface area contributed by atoms with Crippen molar-refractivity contribution < 1.29 is 23.9 Å². The molecule has 0 bridgehead atoms. The zero-order chi connectivity index (χ0) is 21.1. The maximum absolute atomic E-state index is 12.5. The summed E-state index contributed by atoms with van der Waals surface area (Å²) in [6.07, 6.45) is 0. The van der Waals surface area contributed by atoms with Crippen LogP contribution in [-0.2, 0) is 9.47 Å². The Hall–Kier alpha value is -3.75. The highest BCUT2D eigenvalue weighted by molar-refractivity contribution is 6.05. The van der Waals surface area contributed by atoms with Gasteiger partial charge in [-0.15, -0.1) is 0 Å². The second-order valence-electron chi connectivity index (χ2n) is 6.29. The molecule has 0 aliphatic heterocycles. The Morgan fingerprint density at radius 3 is 2.41 bits per heavy atom. The Morgan fingerprint density at radius 1 is 1.03 bits per heavy atom. The van der Waals surface area contributed by atoms with Crippen LogP contribution in [0.5, 0.6) is 0 Å². The first-order valence-electron chi connectivity index (χ1n) is 8.89. The van der Waals surface area contributed by atoms with E-state index >= 15 is 0 Å². The summed E-state index contributed by atoms with van der Waals surface area (Å²) in [6.45, 7) is 4.61. The lowest BCUT2D eigenvalue weighted by molar-refractivity contribution is 0.0467. The maximum atomic E-state index is 12.5. The van der Waals surface area contributed by atoms with Crippen LogP contribution in [0.1, 0.15) is 49.5 Å². The van der Waals surface area contributed by atoms with Crippen molar-refractivity contribution in [1.82, 2.24) is 15.2 Å². The lowest BCUT2D eigenvalue weighted by atomic mass is 10.1. The monoisotopic (exact) mass is 397 g/mol. The van der Waals surface area contributed by atoms with Crippen molar-refractivity contribution in [2.24, 2.45) is 0 Å². The second-order valence-corrected chi connectivity index (χ2v) is 6.29. The number of hydrogen-bond acceptors (Lipinski definition) is 7. The van der Waals surface area contributed by atoms with E-state index in [2.05, 4.69) is 15.2 Å². The molecule has 0 saturated heterocycles. The number of aromatic nitrogens is 3. The molecule has 2 heterocycles. The second kappa shape index (κ2) is 8.09. The minimum atomic E-state index is -0.850. The molecule has 0 aliphatic rings. The molecule has 9 heteroatoms. The highest BCUT2D eigenvalue weighted by Gasteiger charge is 2.24. The summed E-state index contributed by atoms with van der Waals surface area (Å²) in [5, 5.41) is 6.59. The molecule has 0 unspecified atom stereocenters. The fourth-order valence-corrected chi connectivity index (χ4v) is 3.08. The molecule has 0 amide bonds. The molecule has 0 radical (unpaired) electrons. The smallest absolute Gasteiger partial charge is 0.359 e. The van der Waals surface area contributed by atoms with Gasteiger partial charge in [-0.25, -0.2) is 14.7 Å². The first-order chi connectivity index (χ1) is 13.8. The lowest BCUT2D eigenvalue weighted by Crippen LogP contribution is -2.19. The van der Waals surface area contributed by atoms with Gasteiger partial charge < -0.3 is 14.5 Å². The van der Waals surface area contributed by atoms with Gasteiger partial charge in [0.05, 0.1) is 23.3 Å². The molecule has 0 fully saturated rings. The van der Waals surface area contributed by atoms with Gasteiger partial charge in [-0.2, -0.15) is 5.10 Å². The summed E-state index contributed by atoms with van der Waals surface area (Å²) >= 11 is 0. The Labute approximate surface area is 165 Å². The van der Waals surface area contributed by atoms with Crippen molar-refractivity contribution in [3.05, 3.63) is 62.8 Å². The van der Waals surface area contributed by atoms with Gasteiger partial charge in [-0.3, -0.25) is 9.59 Å². The molecule has 0 aliphatic carbocycles. The highest BCUT2D eigenvalue weighted by Crippen LogP contribution is 2.20. The van der Waals surface area contributed by atoms with Gasteiger partial charge in [0, 0.05) is 11.1 Å². The summed E-state index contributed by atoms with van der Waals surface area (Å²) in [5.41, 5.74) is 0.836. The fraction of sp³-hybridized carbons (Fsp3) is 0.250. The summed E-state index contributed by atoms with van der Waals surface area (Å²) in [6, 6.07) is 6.45. The van der Waals surface area contributed by atoms with Gasteiger partial charge in [0.2, 0.25) is 5.78 Å². The van der Waals surface area contributed by atoms with E-state index in [1.54, 1.807) is 45.0 Å². The van der Waals surface area contributed by atoms with E-state index in [-0.39, 0.29) is 28.9 Å². The van der Waals surface area contributed by atoms with E-state index in [1.165, 1.54) is 0 Å². The molecule has 29 heavy (non-hydrogen) atoms. The minimum absolute atomic E-state index is 0.0976. The van der Waals surface area contributed by atoms with Crippen LogP contribution >= 0.6 is 0 Å². The number of ketones is 1. The fourth-order valence-electron chi connectivity index (χ4n) is 3.08. The van der Waals surface area contributed by atoms with Crippen molar-refractivity contribution >= 4 is 28.5 Å². The summed E-state index contributed by atoms with van der Waals surface area (Å²) in [5.74, 6) is -1.89. The van der Waals surface area contributed by atoms with Gasteiger partial charge in [-0.05, 0) is 32.4 Å². The number of esters is 2. The van der Waals surface area contributed by atoms with Crippen LogP contribution in [0.4, 0.5) is 0 Å². The number of H-pyrrole nitrogens is 2. The molecule has 3 rings (SSSR count). The summed E-state index contributed by atoms with van der Waals surface area (Å²) in [7, 11) is 0. The number of carbonyl (C=O) groups is 3. The molecule has 0 atom stereocenters. The predicted octanol–water partition coefficient (Wildman–Crippen LogP) is 2.08. The summed E-state index contributed by atoms with van der Waals surface area (Å²) < 4.78 is 10.1. The van der Waals surface area contributed by atoms with Crippen LogP contribution < -0.4 is 5.56 Å². The molecule has 9 nitrogen and oxygen atoms in total. The first-order valence-corrected chi connectivity index (χ1v) is 8.89. The number of nitrogens with one attached hydrogen (secondary N) is 2. The highest BCUT2D eigenvalue weighted by atomic mass is 16.5. The van der Waals surface area contributed by atoms with Gasteiger partial charge >= 0.3 is 11.9 Å². The van der Waals surface area contributed by atoms with E-state index in [1.807, 2.05) is 0 Å². The zero-order valence-electron chi connectivity index (χ0n) is 16.1. The Kier molecular flexibility index (Phi) is 5.58. The van der Waals surface area contributed by atoms with Crippen molar-refractivity contribution in [3.8, 4) is 0 Å². The number of aromatic amines is 2. The van der Waals surface area contributed by atoms with E-state index in [0.29, 0.717) is 16.6 Å². The van der Waals surface area contributed by atoms with E-state index in [9.17, 15) is 19.2 Å². The summed E-state index contributed by atoms with van der Waals surface area (Å²) in [4.78, 5) is 51.6. The van der Waals surface area contributed by atoms with Crippen molar-refractivity contribution in [1.29, 1.82) is 0 Å². The van der Waals surface area contributed by atoms with Crippen molar-refractivity contribution in [2.45, 2.75) is 20.8 Å². The topological polar surface area (TPSA) is 131 Å². The van der Waals surface area contributed by atoms with E-state index in [4.69, 9.17) is 9.47 Å². The standard InChI is InChI=1S/C20H19N3O6/c1-4-28-19(26)15-10(2)16(21-11(15)3)14(24)9-29-20(27)17-12-7-5-6-8-13(12)18(25)23-22-17/h5-8,21H,4,9H2,1-3H3,(H,23,25). The third-order valence-electron chi connectivity index (χ3n) is 4.42. The Bertz CT molecular complexity index is 1170. The van der Waals surface area contributed by atoms with Crippen LogP contribution in [0.25, 0.3) is 10.8 Å². The SMILES string of the molecule is CCOC(=O)c1c(C)[nH]c(C(=O)COC(=O)c2n[nH]c(=O)c3ccccc23)c1C. The number of ether oxygens (including phenoxy) is 2. The maximum Gasteiger partial charge on any atom is 0.359 e. The average Bonchev–Trinajstić information content (AvgIpc) is 3.00. The normalized spacial score (nSPS) is 10.7. The largest absolute Gasteiger partial charge is 0.462 e. The molecule has 0 saturated carbocycles. The van der Waals surface area contributed by atoms with Crippen LogP contribution in [0, 0.1) is 13.8 Å². The number of Topliss-reactive ketones (excluding diaryl/α,β-unsaturated/α-hetero) is 1. The molecule has 2 aromatic heterocycles. The molecular weight excluding hydrogens is 378 g/mol. The number of carbonyl (C=O) groups excluding carboxylic acids is 3. The third-order valence-corrected chi connectivity index (χ3v) is 4.42. The van der Waals surface area contributed by atoms with Crippen molar-refractivity contribution in [2.75, 3.05) is 13.2 Å². The lowest BCUT2D eigenvalue weighted by Gasteiger charge is -2.06. The van der Waals surface area contributed by atoms with Gasteiger partial charge in [0.15, 0.2) is 12.3 Å². The number of aryl methyl sites for hydroxylation is 1. The number of rotatable bonds is 6. The molecule has 150 valence electrons. The zero-order valence-corrected chi connectivity index (χ0v) is 16.1. The van der Waals surface area contributed by atoms with Gasteiger partial charge in [0.25, 0.3) is 5.56 Å². The molecule has 2 N–H and O–H groups in total. The third kappa shape index (κ3) is 3.79. The van der Waals surface area contributed by atoms with E-state index < -0.39 is 29.9 Å². The molecule has 3 aromatic rings. The first kappa shape index (κ1) is 20.0. The molecule has 0 spiro atoms. The number of nitrogens with zero attached hydrogens (tertiary/aromatic N) is 1. The number of benzene rings is 1. The minimum Gasteiger partial charge on any atom is -0.462 e. The van der Waals surface area contributed by atoms with Gasteiger partial charge in [-0.1, -0.05) is 18.2 Å². The molecular formula is C20H19N3O6. The quantitative estimate of drug-likeness (QED) is 0.481. The van der Waals surface area contributed by atoms with E-state index in [0.717, 1.165) is 0 Å². The average molecular weight is 397 g/mol. The Morgan fingerprint density at radius 2 is 1.72 bits per heavy atom. The van der Waals surface area contributed by atoms with Crippen LogP contribution in [0.3, 0.4) is 0 Å². The predicted molar refractivity (Wildman–Crippen MR) is 103 cm³/mol. The Balaban J connectivity index is 1.79. The number of fused-ring (bicyclic) bond motifs is 1. The molecule has 1 aromatic carbocycles.